The summed E-state index contributed by atoms with van der Waals surface area (Å²) in [7, 11) is 0. The summed E-state index contributed by atoms with van der Waals surface area (Å²) in [5, 5.41) is 13.2. The molecular weight excluding hydrogens is 344 g/mol. The van der Waals surface area contributed by atoms with Crippen LogP contribution in [-0.2, 0) is 11.3 Å². The third-order valence-corrected chi connectivity index (χ3v) is 5.21. The van der Waals surface area contributed by atoms with Crippen molar-refractivity contribution in [1.82, 2.24) is 14.9 Å². The summed E-state index contributed by atoms with van der Waals surface area (Å²) in [6.45, 7) is -0.192. The van der Waals surface area contributed by atoms with E-state index in [-0.39, 0.29) is 18.0 Å². The maximum atomic E-state index is 12.7. The number of hydrogen-bond donors (Lipinski definition) is 1. The van der Waals surface area contributed by atoms with Crippen LogP contribution >= 0.6 is 0 Å². The van der Waals surface area contributed by atoms with E-state index < -0.39 is 11.1 Å². The number of carbonyl (C=O) groups excluding carboxylic acids is 1. The highest BCUT2D eigenvalue weighted by molar-refractivity contribution is 6.01. The van der Waals surface area contributed by atoms with Crippen molar-refractivity contribution >= 4 is 28.0 Å². The summed E-state index contributed by atoms with van der Waals surface area (Å²) >= 11 is 0. The van der Waals surface area contributed by atoms with Gasteiger partial charge in [0, 0.05) is 5.39 Å². The number of para-hydroxylation sites is 1. The van der Waals surface area contributed by atoms with Gasteiger partial charge in [-0.3, -0.25) is 14.2 Å². The van der Waals surface area contributed by atoms with Gasteiger partial charge in [0.05, 0.1) is 12.4 Å². The molecule has 1 N–H and O–H groups in total. The maximum Gasteiger partial charge on any atom is 0.297 e. The molecule has 1 saturated carbocycles. The third kappa shape index (κ3) is 3.19. The van der Waals surface area contributed by atoms with Crippen molar-refractivity contribution in [2.75, 3.05) is 0 Å². The lowest BCUT2D eigenvalue weighted by atomic mass is 9.92. The lowest BCUT2D eigenvalue weighted by Gasteiger charge is -2.26. The molecule has 0 saturated heterocycles. The second-order valence-corrected chi connectivity index (χ2v) is 7.11. The molecule has 0 atom stereocenters. The molecule has 1 aliphatic rings. The zero-order valence-electron chi connectivity index (χ0n) is 14.9. The first-order valence-electron chi connectivity index (χ1n) is 9.21. The summed E-state index contributed by atoms with van der Waals surface area (Å²) in [4.78, 5) is 29.6. The Kier molecular flexibility index (Phi) is 4.40. The minimum Gasteiger partial charge on any atom is -0.448 e. The predicted octanol–water partition coefficient (Wildman–Crippen LogP) is 2.88. The molecule has 0 bridgehead atoms. The molecule has 0 spiro atoms. The molecule has 2 heterocycles. The van der Waals surface area contributed by atoms with Crippen molar-refractivity contribution in [2.45, 2.75) is 50.6 Å². The molecular formula is C20H20N4O3. The molecule has 1 aromatic carbocycles. The number of nitrogens with zero attached hydrogens (tertiary/aromatic N) is 3. The summed E-state index contributed by atoms with van der Waals surface area (Å²) < 4.78 is 6.86. The van der Waals surface area contributed by atoms with E-state index in [1.807, 2.05) is 18.2 Å². The first-order chi connectivity index (χ1) is 13.1. The molecule has 3 aromatic rings. The third-order valence-electron chi connectivity index (χ3n) is 5.21. The quantitative estimate of drug-likeness (QED) is 0.720. The highest BCUT2D eigenvalue weighted by Gasteiger charge is 2.32. The average Bonchev–Trinajstić information content (AvgIpc) is 2.90. The normalized spacial score (nSPS) is 16.7. The Balaban J connectivity index is 1.60. The number of rotatable bonds is 3. The van der Waals surface area contributed by atoms with Gasteiger partial charge < -0.3 is 9.73 Å². The summed E-state index contributed by atoms with van der Waals surface area (Å²) in [5.41, 5.74) is -0.0337. The average molecular weight is 364 g/mol. The number of nitrogens with one attached hydrogen (secondary N) is 1. The highest BCUT2D eigenvalue weighted by Crippen LogP contribution is 2.27. The van der Waals surface area contributed by atoms with Crippen LogP contribution in [0.25, 0.3) is 22.1 Å². The molecule has 7 nitrogen and oxygen atoms in total. The van der Waals surface area contributed by atoms with Gasteiger partial charge in [-0.05, 0) is 25.0 Å². The van der Waals surface area contributed by atoms with Gasteiger partial charge in [-0.15, -0.1) is 0 Å². The molecule has 7 heteroatoms. The second-order valence-electron chi connectivity index (χ2n) is 7.11. The van der Waals surface area contributed by atoms with E-state index >= 15 is 0 Å². The molecule has 1 fully saturated rings. The molecule has 4 rings (SSSR count). The zero-order chi connectivity index (χ0) is 18.9. The highest BCUT2D eigenvalue weighted by atomic mass is 16.3. The molecule has 0 aliphatic heterocycles. The Morgan fingerprint density at radius 1 is 1.26 bits per heavy atom. The smallest absolute Gasteiger partial charge is 0.297 e. The molecule has 1 aliphatic carbocycles. The van der Waals surface area contributed by atoms with Crippen LogP contribution in [0.3, 0.4) is 0 Å². The topological polar surface area (TPSA) is 101 Å². The first-order valence-corrected chi connectivity index (χ1v) is 9.21. The summed E-state index contributed by atoms with van der Waals surface area (Å²) in [6, 6.07) is 9.57. The summed E-state index contributed by atoms with van der Waals surface area (Å²) in [5.74, 6) is -0.363. The first kappa shape index (κ1) is 17.3. The molecule has 1 amide bonds. The number of aromatic nitrogens is 2. The lowest BCUT2D eigenvalue weighted by Crippen LogP contribution is -2.48. The van der Waals surface area contributed by atoms with Crippen LogP contribution in [-0.4, -0.2) is 21.0 Å². The van der Waals surface area contributed by atoms with Crippen LogP contribution < -0.4 is 10.9 Å². The van der Waals surface area contributed by atoms with Gasteiger partial charge in [-0.1, -0.05) is 37.8 Å². The monoisotopic (exact) mass is 364 g/mol. The lowest BCUT2D eigenvalue weighted by molar-refractivity contribution is -0.123. The van der Waals surface area contributed by atoms with E-state index in [0.717, 1.165) is 31.1 Å². The molecule has 0 radical (unpaired) electrons. The molecule has 0 unspecified atom stereocenters. The Labute approximate surface area is 155 Å². The zero-order valence-corrected chi connectivity index (χ0v) is 14.9. The van der Waals surface area contributed by atoms with E-state index in [1.54, 1.807) is 6.07 Å². The van der Waals surface area contributed by atoms with E-state index in [1.165, 1.54) is 10.9 Å². The van der Waals surface area contributed by atoms with Gasteiger partial charge in [0.15, 0.2) is 0 Å². The van der Waals surface area contributed by atoms with Crippen LogP contribution in [0.4, 0.5) is 0 Å². The minimum atomic E-state index is -0.839. The van der Waals surface area contributed by atoms with Crippen LogP contribution in [0, 0.1) is 11.3 Å². The second kappa shape index (κ2) is 6.88. The van der Waals surface area contributed by atoms with Gasteiger partial charge in [0.25, 0.3) is 5.56 Å². The van der Waals surface area contributed by atoms with Gasteiger partial charge in [-0.25, -0.2) is 4.98 Å². The number of amides is 1. The van der Waals surface area contributed by atoms with Gasteiger partial charge >= 0.3 is 0 Å². The number of fused-ring (bicyclic) bond motifs is 3. The van der Waals surface area contributed by atoms with Gasteiger partial charge in [0.2, 0.25) is 11.5 Å². The van der Waals surface area contributed by atoms with Crippen LogP contribution in [0.1, 0.15) is 38.5 Å². The largest absolute Gasteiger partial charge is 0.448 e. The van der Waals surface area contributed by atoms with Crippen LogP contribution in [0.2, 0.25) is 0 Å². The van der Waals surface area contributed by atoms with Gasteiger partial charge in [0.1, 0.15) is 23.2 Å². The van der Waals surface area contributed by atoms with E-state index in [4.69, 9.17) is 4.42 Å². The Morgan fingerprint density at radius 3 is 2.74 bits per heavy atom. The van der Waals surface area contributed by atoms with E-state index in [9.17, 15) is 14.9 Å². The number of furan rings is 1. The molecule has 2 aromatic heterocycles. The minimum absolute atomic E-state index is 0.135. The SMILES string of the molecule is N#CC1(NC(=O)Cn2cnc3c(oc4ccccc43)c2=O)CCCCCC1. The number of nitriles is 1. The molecule has 27 heavy (non-hydrogen) atoms. The van der Waals surface area contributed by atoms with Crippen molar-refractivity contribution < 1.29 is 9.21 Å². The molecule has 138 valence electrons. The predicted molar refractivity (Wildman–Crippen MR) is 100.0 cm³/mol. The Bertz CT molecular complexity index is 1100. The van der Waals surface area contributed by atoms with Gasteiger partial charge in [-0.2, -0.15) is 5.26 Å². The van der Waals surface area contributed by atoms with Crippen molar-refractivity contribution in [3.63, 3.8) is 0 Å². The van der Waals surface area contributed by atoms with Crippen molar-refractivity contribution in [3.05, 3.63) is 40.9 Å². The number of benzene rings is 1. The fourth-order valence-electron chi connectivity index (χ4n) is 3.79. The number of carbonyl (C=O) groups is 1. The fraction of sp³-hybridized carbons (Fsp3) is 0.400. The standard InChI is InChI=1S/C20H20N4O3/c21-12-20(9-5-1-2-6-10-20)23-16(25)11-24-13-22-17-14-7-3-4-8-15(14)27-18(17)19(24)26/h3-4,7-8,13H,1-2,5-6,9-11H2,(H,23,25). The fourth-order valence-corrected chi connectivity index (χ4v) is 3.79. The van der Waals surface area contributed by atoms with Crippen molar-refractivity contribution in [1.29, 1.82) is 5.26 Å². The van der Waals surface area contributed by atoms with Crippen LogP contribution in [0.15, 0.2) is 39.8 Å². The van der Waals surface area contributed by atoms with Crippen molar-refractivity contribution in [2.24, 2.45) is 0 Å². The Morgan fingerprint density at radius 2 is 2.00 bits per heavy atom. The van der Waals surface area contributed by atoms with Crippen LogP contribution in [0.5, 0.6) is 0 Å². The Hall–Kier alpha value is -3.14. The van der Waals surface area contributed by atoms with E-state index in [0.29, 0.717) is 23.9 Å². The van der Waals surface area contributed by atoms with E-state index in [2.05, 4.69) is 16.4 Å². The van der Waals surface area contributed by atoms with Crippen molar-refractivity contribution in [3.8, 4) is 6.07 Å². The maximum absolute atomic E-state index is 12.7. The number of hydrogen-bond acceptors (Lipinski definition) is 5. The summed E-state index contributed by atoms with van der Waals surface area (Å²) in [6.07, 6.45) is 6.63.